The number of likely N-dealkylation sites (N-methyl/N-ethyl adjacent to an activating group) is 1. The topological polar surface area (TPSA) is 23.5 Å². The van der Waals surface area contributed by atoms with Crippen LogP contribution in [-0.2, 0) is 6.42 Å². The number of hydrogen-bond donors (Lipinski definition) is 1. The predicted octanol–water partition coefficient (Wildman–Crippen LogP) is 8.87. The number of benzene rings is 3. The number of aryl methyl sites for hydroxylation is 1. The number of nitrogens with zero attached hydrogens (tertiary/aromatic N) is 1. The van der Waals surface area contributed by atoms with Crippen LogP contribution in [0.15, 0.2) is 67.3 Å². The van der Waals surface area contributed by atoms with E-state index in [4.69, 9.17) is 0 Å². The molecule has 0 heterocycles. The SMILES string of the molecule is C=CC(O)N(C)CCCc1ccc2cc(-c3ccc(C4CCC(CCCCC)CC4)cc3F)ccc2c1. The zero-order chi connectivity index (χ0) is 26.2. The molecule has 0 aromatic heterocycles. The largest absolute Gasteiger partial charge is 0.375 e. The first-order valence-corrected chi connectivity index (χ1v) is 14.3. The first-order valence-electron chi connectivity index (χ1n) is 14.3. The number of rotatable bonds is 12. The van der Waals surface area contributed by atoms with E-state index in [0.29, 0.717) is 11.5 Å². The molecule has 1 atom stereocenters. The van der Waals surface area contributed by atoms with E-state index < -0.39 is 6.23 Å². The van der Waals surface area contributed by atoms with Crippen molar-refractivity contribution >= 4 is 10.8 Å². The number of fused-ring (bicyclic) bond motifs is 1. The minimum Gasteiger partial charge on any atom is -0.375 e. The molecule has 3 aromatic carbocycles. The summed E-state index contributed by atoms with van der Waals surface area (Å²) < 4.78 is 15.3. The quantitative estimate of drug-likeness (QED) is 0.152. The number of aliphatic hydroxyl groups is 1. The Hall–Kier alpha value is -2.49. The van der Waals surface area contributed by atoms with E-state index in [0.717, 1.165) is 36.3 Å². The Morgan fingerprint density at radius 3 is 2.46 bits per heavy atom. The smallest absolute Gasteiger partial charge is 0.131 e. The minimum atomic E-state index is -0.597. The summed E-state index contributed by atoms with van der Waals surface area (Å²) in [6.07, 6.45) is 13.2. The molecule has 4 rings (SSSR count). The first-order chi connectivity index (χ1) is 18.0. The van der Waals surface area contributed by atoms with Crippen molar-refractivity contribution in [2.75, 3.05) is 13.6 Å². The zero-order valence-corrected chi connectivity index (χ0v) is 22.8. The van der Waals surface area contributed by atoms with Gasteiger partial charge in [0.25, 0.3) is 0 Å². The molecule has 1 saturated carbocycles. The van der Waals surface area contributed by atoms with Crippen LogP contribution in [0.1, 0.15) is 81.8 Å². The zero-order valence-electron chi connectivity index (χ0n) is 22.8. The first kappa shape index (κ1) is 27.5. The molecule has 1 aliphatic carbocycles. The molecule has 37 heavy (non-hydrogen) atoms. The summed E-state index contributed by atoms with van der Waals surface area (Å²) in [6, 6.07) is 18.7. The van der Waals surface area contributed by atoms with Crippen molar-refractivity contribution in [2.45, 2.75) is 83.3 Å². The lowest BCUT2D eigenvalue weighted by Crippen LogP contribution is -2.30. The average molecular weight is 502 g/mol. The van der Waals surface area contributed by atoms with E-state index in [-0.39, 0.29) is 5.82 Å². The van der Waals surface area contributed by atoms with Crippen molar-refractivity contribution in [1.29, 1.82) is 0 Å². The van der Waals surface area contributed by atoms with Crippen molar-refractivity contribution in [3.05, 3.63) is 84.2 Å². The van der Waals surface area contributed by atoms with E-state index in [1.165, 1.54) is 67.9 Å². The lowest BCUT2D eigenvalue weighted by molar-refractivity contribution is 0.0624. The summed E-state index contributed by atoms with van der Waals surface area (Å²) in [5, 5.41) is 12.1. The molecule has 1 aliphatic rings. The summed E-state index contributed by atoms with van der Waals surface area (Å²) >= 11 is 0. The van der Waals surface area contributed by atoms with Gasteiger partial charge in [-0.2, -0.15) is 0 Å². The van der Waals surface area contributed by atoms with Crippen LogP contribution in [0.2, 0.25) is 0 Å². The Morgan fingerprint density at radius 1 is 0.973 bits per heavy atom. The Balaban J connectivity index is 1.38. The highest BCUT2D eigenvalue weighted by atomic mass is 19.1. The van der Waals surface area contributed by atoms with E-state index in [1.807, 2.05) is 24.1 Å². The maximum Gasteiger partial charge on any atom is 0.131 e. The van der Waals surface area contributed by atoms with Crippen molar-refractivity contribution in [1.82, 2.24) is 4.90 Å². The lowest BCUT2D eigenvalue weighted by atomic mass is 9.77. The predicted molar refractivity (Wildman–Crippen MR) is 155 cm³/mol. The molecule has 1 unspecified atom stereocenters. The molecule has 0 radical (unpaired) electrons. The van der Waals surface area contributed by atoms with Crippen LogP contribution in [0.5, 0.6) is 0 Å². The second-order valence-corrected chi connectivity index (χ2v) is 11.1. The normalized spacial score (nSPS) is 18.8. The fourth-order valence-corrected chi connectivity index (χ4v) is 5.95. The van der Waals surface area contributed by atoms with E-state index in [2.05, 4.69) is 49.9 Å². The number of hydrogen-bond acceptors (Lipinski definition) is 2. The minimum absolute atomic E-state index is 0.107. The van der Waals surface area contributed by atoms with E-state index in [1.54, 1.807) is 12.1 Å². The molecule has 3 aromatic rings. The molecule has 2 nitrogen and oxygen atoms in total. The summed E-state index contributed by atoms with van der Waals surface area (Å²) in [5.41, 5.74) is 4.07. The van der Waals surface area contributed by atoms with Gasteiger partial charge in [0.05, 0.1) is 0 Å². The summed E-state index contributed by atoms with van der Waals surface area (Å²) in [5.74, 6) is 1.27. The second-order valence-electron chi connectivity index (χ2n) is 11.1. The fraction of sp³-hybridized carbons (Fsp3) is 0.471. The van der Waals surface area contributed by atoms with E-state index in [9.17, 15) is 5.11 Å². The van der Waals surface area contributed by atoms with Gasteiger partial charge in [-0.15, -0.1) is 0 Å². The maximum atomic E-state index is 15.3. The highest BCUT2D eigenvalue weighted by Crippen LogP contribution is 2.39. The Morgan fingerprint density at radius 2 is 1.73 bits per heavy atom. The van der Waals surface area contributed by atoms with Gasteiger partial charge in [-0.1, -0.05) is 81.7 Å². The summed E-state index contributed by atoms with van der Waals surface area (Å²) in [7, 11) is 1.90. The van der Waals surface area contributed by atoms with Crippen LogP contribution >= 0.6 is 0 Å². The molecule has 198 valence electrons. The van der Waals surface area contributed by atoms with Gasteiger partial charge in [0.1, 0.15) is 12.0 Å². The van der Waals surface area contributed by atoms with Crippen molar-refractivity contribution < 1.29 is 9.50 Å². The van der Waals surface area contributed by atoms with Gasteiger partial charge in [-0.3, -0.25) is 4.90 Å². The fourth-order valence-electron chi connectivity index (χ4n) is 5.95. The Labute approximate surface area is 223 Å². The van der Waals surface area contributed by atoms with Gasteiger partial charge in [0.15, 0.2) is 0 Å². The third-order valence-corrected chi connectivity index (χ3v) is 8.38. The Kier molecular flexibility index (Phi) is 9.94. The van der Waals surface area contributed by atoms with Crippen LogP contribution in [0.3, 0.4) is 0 Å². The maximum absolute atomic E-state index is 15.3. The monoisotopic (exact) mass is 501 g/mol. The molecule has 0 spiro atoms. The van der Waals surface area contributed by atoms with Crippen molar-refractivity contribution in [3.63, 3.8) is 0 Å². The highest BCUT2D eigenvalue weighted by Gasteiger charge is 2.23. The van der Waals surface area contributed by atoms with Crippen LogP contribution in [0, 0.1) is 11.7 Å². The van der Waals surface area contributed by atoms with E-state index >= 15 is 4.39 Å². The molecular weight excluding hydrogens is 457 g/mol. The van der Waals surface area contributed by atoms with Gasteiger partial charge in [0, 0.05) is 12.1 Å². The van der Waals surface area contributed by atoms with Crippen LogP contribution in [-0.4, -0.2) is 29.8 Å². The summed E-state index contributed by atoms with van der Waals surface area (Å²) in [6.45, 7) is 6.71. The van der Waals surface area contributed by atoms with Crippen LogP contribution in [0.25, 0.3) is 21.9 Å². The number of halogens is 1. The van der Waals surface area contributed by atoms with Crippen molar-refractivity contribution in [3.8, 4) is 11.1 Å². The average Bonchev–Trinajstić information content (AvgIpc) is 2.92. The van der Waals surface area contributed by atoms with Gasteiger partial charge in [-0.05, 0) is 103 Å². The molecule has 3 heteroatoms. The molecule has 1 N–H and O–H groups in total. The lowest BCUT2D eigenvalue weighted by Gasteiger charge is -2.29. The number of unbranched alkanes of at least 4 members (excludes halogenated alkanes) is 2. The summed E-state index contributed by atoms with van der Waals surface area (Å²) in [4.78, 5) is 1.89. The van der Waals surface area contributed by atoms with Crippen LogP contribution < -0.4 is 0 Å². The molecular formula is C34H44FNO. The molecule has 0 amide bonds. The third kappa shape index (κ3) is 7.30. The molecule has 0 saturated heterocycles. The second kappa shape index (κ2) is 13.3. The van der Waals surface area contributed by atoms with Gasteiger partial charge < -0.3 is 5.11 Å². The molecule has 0 bridgehead atoms. The van der Waals surface area contributed by atoms with Crippen LogP contribution in [0.4, 0.5) is 4.39 Å². The molecule has 0 aliphatic heterocycles. The number of aliphatic hydroxyl groups excluding tert-OH is 1. The van der Waals surface area contributed by atoms with Gasteiger partial charge in [0.2, 0.25) is 0 Å². The van der Waals surface area contributed by atoms with Gasteiger partial charge >= 0.3 is 0 Å². The Bertz CT molecular complexity index is 1160. The highest BCUT2D eigenvalue weighted by molar-refractivity contribution is 5.88. The molecule has 1 fully saturated rings. The van der Waals surface area contributed by atoms with Gasteiger partial charge in [-0.25, -0.2) is 4.39 Å². The van der Waals surface area contributed by atoms with Crippen molar-refractivity contribution in [2.24, 2.45) is 5.92 Å². The standard InChI is InChI=1S/C34H44FNO/c1-4-6-7-9-25-11-14-27(15-12-25)30-19-20-32(33(35)24-30)31-18-17-28-22-26(13-16-29(28)23-31)10-8-21-36(3)34(37)5-2/h5,13,16-20,22-25,27,34,37H,2,4,6-12,14-15,21H2,1,3H3. The third-order valence-electron chi connectivity index (χ3n) is 8.38.